The van der Waals surface area contributed by atoms with Gasteiger partial charge in [-0.3, -0.25) is 0 Å². The van der Waals surface area contributed by atoms with E-state index in [0.29, 0.717) is 0 Å². The molecule has 2 bridgehead atoms. The quantitative estimate of drug-likeness (QED) is 0.824. The molecule has 0 spiro atoms. The summed E-state index contributed by atoms with van der Waals surface area (Å²) in [5.41, 5.74) is 5.98. The van der Waals surface area contributed by atoms with Gasteiger partial charge in [0.05, 0.1) is 0 Å². The molecule has 2 aliphatic rings. The SMILES string of the molecule is Cn1nnc(Br)c1S(=O)(=O)N1C2CCC1CC(N)C2. The van der Waals surface area contributed by atoms with Gasteiger partial charge in [0.1, 0.15) is 0 Å². The predicted molar refractivity (Wildman–Crippen MR) is 71.7 cm³/mol. The monoisotopic (exact) mass is 349 g/mol. The topological polar surface area (TPSA) is 94.1 Å². The molecule has 2 saturated heterocycles. The highest BCUT2D eigenvalue weighted by Crippen LogP contribution is 2.39. The number of hydrogen-bond acceptors (Lipinski definition) is 5. The lowest BCUT2D eigenvalue weighted by molar-refractivity contribution is 0.226. The predicted octanol–water partition coefficient (Wildman–Crippen LogP) is 0.220. The third-order valence-electron chi connectivity index (χ3n) is 3.96. The smallest absolute Gasteiger partial charge is 0.263 e. The Labute approximate surface area is 120 Å². The molecule has 1 aromatic heterocycles. The van der Waals surface area contributed by atoms with Crippen LogP contribution in [0.2, 0.25) is 0 Å². The van der Waals surface area contributed by atoms with Crippen LogP contribution >= 0.6 is 15.9 Å². The molecule has 9 heteroatoms. The van der Waals surface area contributed by atoms with Crippen LogP contribution in [0.15, 0.2) is 9.63 Å². The van der Waals surface area contributed by atoms with Gasteiger partial charge in [0.15, 0.2) is 4.60 Å². The first-order chi connectivity index (χ1) is 8.91. The van der Waals surface area contributed by atoms with Crippen molar-refractivity contribution in [2.24, 2.45) is 12.8 Å². The second kappa shape index (κ2) is 4.51. The molecule has 0 radical (unpaired) electrons. The van der Waals surface area contributed by atoms with Gasteiger partial charge in [-0.15, -0.1) is 5.10 Å². The third-order valence-corrected chi connectivity index (χ3v) is 6.86. The summed E-state index contributed by atoms with van der Waals surface area (Å²) < 4.78 is 28.8. The molecule has 3 rings (SSSR count). The zero-order valence-corrected chi connectivity index (χ0v) is 12.9. The highest BCUT2D eigenvalue weighted by Gasteiger charge is 2.48. The van der Waals surface area contributed by atoms with E-state index in [-0.39, 0.29) is 27.8 Å². The van der Waals surface area contributed by atoms with Crippen molar-refractivity contribution in [3.8, 4) is 0 Å². The summed E-state index contributed by atoms with van der Waals surface area (Å²) in [5, 5.41) is 7.64. The lowest BCUT2D eigenvalue weighted by Gasteiger charge is -2.36. The number of fused-ring (bicyclic) bond motifs is 2. The van der Waals surface area contributed by atoms with E-state index in [1.807, 2.05) is 0 Å². The van der Waals surface area contributed by atoms with Crippen LogP contribution in [-0.2, 0) is 17.1 Å². The summed E-state index contributed by atoms with van der Waals surface area (Å²) in [6.45, 7) is 0. The van der Waals surface area contributed by atoms with Gasteiger partial charge in [0.2, 0.25) is 5.03 Å². The maximum atomic E-state index is 12.8. The van der Waals surface area contributed by atoms with Gasteiger partial charge in [-0.1, -0.05) is 5.21 Å². The Hall–Kier alpha value is -0.510. The highest BCUT2D eigenvalue weighted by atomic mass is 79.9. The van der Waals surface area contributed by atoms with Crippen molar-refractivity contribution < 1.29 is 8.42 Å². The molecule has 19 heavy (non-hydrogen) atoms. The number of nitrogens with two attached hydrogens (primary N) is 1. The van der Waals surface area contributed by atoms with Crippen molar-refractivity contribution in [1.82, 2.24) is 19.3 Å². The molecule has 2 unspecified atom stereocenters. The van der Waals surface area contributed by atoms with Crippen LogP contribution in [0.3, 0.4) is 0 Å². The Bertz CT molecular complexity index is 568. The van der Waals surface area contributed by atoms with Crippen LogP contribution in [-0.4, -0.2) is 45.8 Å². The number of rotatable bonds is 2. The number of nitrogens with zero attached hydrogens (tertiary/aromatic N) is 4. The molecule has 0 aliphatic carbocycles. The van der Waals surface area contributed by atoms with E-state index in [1.54, 1.807) is 11.4 Å². The largest absolute Gasteiger partial charge is 0.328 e. The van der Waals surface area contributed by atoms with Gasteiger partial charge in [-0.25, -0.2) is 13.1 Å². The zero-order chi connectivity index (χ0) is 13.8. The average Bonchev–Trinajstić information content (AvgIpc) is 2.79. The fourth-order valence-electron chi connectivity index (χ4n) is 3.27. The second-order valence-electron chi connectivity index (χ2n) is 5.26. The molecular formula is C10H16BrN5O2S. The number of aryl methyl sites for hydroxylation is 1. The van der Waals surface area contributed by atoms with Gasteiger partial charge >= 0.3 is 0 Å². The van der Waals surface area contributed by atoms with Gasteiger partial charge < -0.3 is 5.73 Å². The van der Waals surface area contributed by atoms with Crippen molar-refractivity contribution in [3.63, 3.8) is 0 Å². The van der Waals surface area contributed by atoms with Crippen molar-refractivity contribution in [2.45, 2.75) is 48.8 Å². The molecular weight excluding hydrogens is 334 g/mol. The molecule has 106 valence electrons. The normalized spacial score (nSPS) is 31.8. The first kappa shape index (κ1) is 13.5. The molecule has 2 fully saturated rings. The average molecular weight is 350 g/mol. The first-order valence-electron chi connectivity index (χ1n) is 6.25. The van der Waals surface area contributed by atoms with E-state index in [4.69, 9.17) is 5.73 Å². The third kappa shape index (κ3) is 2.03. The van der Waals surface area contributed by atoms with Gasteiger partial charge in [0.25, 0.3) is 10.0 Å². The zero-order valence-electron chi connectivity index (χ0n) is 10.5. The molecule has 0 saturated carbocycles. The number of hydrogen-bond donors (Lipinski definition) is 1. The molecule has 3 heterocycles. The van der Waals surface area contributed by atoms with Crippen LogP contribution in [0.4, 0.5) is 0 Å². The summed E-state index contributed by atoms with van der Waals surface area (Å²) in [6, 6.07) is 0.137. The van der Waals surface area contributed by atoms with E-state index < -0.39 is 10.0 Å². The van der Waals surface area contributed by atoms with Gasteiger partial charge in [0, 0.05) is 25.2 Å². The standard InChI is InChI=1S/C10H16BrN5O2S/c1-15-10(9(11)13-14-15)19(17,18)16-7-2-3-8(16)5-6(12)4-7/h6-8H,2-5,12H2,1H3. The van der Waals surface area contributed by atoms with E-state index >= 15 is 0 Å². The number of sulfonamides is 1. The van der Waals surface area contributed by atoms with Crippen molar-refractivity contribution in [3.05, 3.63) is 4.60 Å². The van der Waals surface area contributed by atoms with E-state index in [0.717, 1.165) is 25.7 Å². The Kier molecular flexibility index (Phi) is 3.19. The Balaban J connectivity index is 2.03. The molecule has 2 N–H and O–H groups in total. The van der Waals surface area contributed by atoms with Crippen LogP contribution in [0.5, 0.6) is 0 Å². The number of piperidine rings is 1. The molecule has 2 aliphatic heterocycles. The highest BCUT2D eigenvalue weighted by molar-refractivity contribution is 9.10. The summed E-state index contributed by atoms with van der Waals surface area (Å²) in [7, 11) is -1.98. The van der Waals surface area contributed by atoms with E-state index in [2.05, 4.69) is 26.2 Å². The minimum absolute atomic E-state index is 0.0144. The lowest BCUT2D eigenvalue weighted by atomic mass is 10.0. The molecule has 1 aromatic rings. The minimum atomic E-state index is -3.57. The van der Waals surface area contributed by atoms with Crippen LogP contribution < -0.4 is 5.73 Å². The van der Waals surface area contributed by atoms with Gasteiger partial charge in [-0.2, -0.15) is 4.31 Å². The lowest BCUT2D eigenvalue weighted by Crippen LogP contribution is -2.50. The number of halogens is 1. The Morgan fingerprint density at radius 3 is 2.37 bits per heavy atom. The van der Waals surface area contributed by atoms with E-state index in [9.17, 15) is 8.42 Å². The second-order valence-corrected chi connectivity index (χ2v) is 7.77. The molecule has 7 nitrogen and oxygen atoms in total. The number of aromatic nitrogens is 3. The molecule has 2 atom stereocenters. The molecule has 0 amide bonds. The summed E-state index contributed by atoms with van der Waals surface area (Å²) in [6.07, 6.45) is 3.25. The Morgan fingerprint density at radius 1 is 1.32 bits per heavy atom. The minimum Gasteiger partial charge on any atom is -0.328 e. The molecule has 0 aromatic carbocycles. The van der Waals surface area contributed by atoms with Crippen molar-refractivity contribution in [1.29, 1.82) is 0 Å². The Morgan fingerprint density at radius 2 is 1.89 bits per heavy atom. The van der Waals surface area contributed by atoms with E-state index in [1.165, 1.54) is 4.68 Å². The van der Waals surface area contributed by atoms with Crippen LogP contribution in [0, 0.1) is 0 Å². The van der Waals surface area contributed by atoms with Crippen LogP contribution in [0.1, 0.15) is 25.7 Å². The summed E-state index contributed by atoms with van der Waals surface area (Å²) >= 11 is 3.17. The summed E-state index contributed by atoms with van der Waals surface area (Å²) in [5.74, 6) is 0. The first-order valence-corrected chi connectivity index (χ1v) is 8.49. The van der Waals surface area contributed by atoms with Crippen LogP contribution in [0.25, 0.3) is 0 Å². The summed E-state index contributed by atoms with van der Waals surface area (Å²) in [4.78, 5) is 0. The van der Waals surface area contributed by atoms with Gasteiger partial charge in [-0.05, 0) is 41.6 Å². The van der Waals surface area contributed by atoms with Crippen molar-refractivity contribution in [2.75, 3.05) is 0 Å². The fraction of sp³-hybridized carbons (Fsp3) is 0.800. The maximum absolute atomic E-state index is 12.8. The fourth-order valence-corrected chi connectivity index (χ4v) is 6.20. The van der Waals surface area contributed by atoms with Crippen molar-refractivity contribution >= 4 is 26.0 Å². The maximum Gasteiger partial charge on any atom is 0.263 e.